The summed E-state index contributed by atoms with van der Waals surface area (Å²) in [5.74, 6) is -1.49. The van der Waals surface area contributed by atoms with E-state index in [0.717, 1.165) is 11.1 Å². The van der Waals surface area contributed by atoms with E-state index in [0.29, 0.717) is 16.7 Å². The molecule has 0 aliphatic rings. The summed E-state index contributed by atoms with van der Waals surface area (Å²) >= 11 is 0. The van der Waals surface area contributed by atoms with Gasteiger partial charge in [-0.25, -0.2) is 5.43 Å². The number of phenolic OH excluding ortho intramolecular Hbond substituents is 2. The van der Waals surface area contributed by atoms with Gasteiger partial charge in [-0.1, -0.05) is 60.7 Å². The van der Waals surface area contributed by atoms with E-state index in [2.05, 4.69) is 15.8 Å². The van der Waals surface area contributed by atoms with E-state index in [4.69, 9.17) is 0 Å². The number of phenols is 2. The smallest absolute Gasteiger partial charge is 0.259 e. The Morgan fingerprint density at radius 2 is 1.53 bits per heavy atom. The van der Waals surface area contributed by atoms with Crippen molar-refractivity contribution in [2.75, 3.05) is 6.54 Å². The van der Waals surface area contributed by atoms with Crippen LogP contribution in [-0.4, -0.2) is 34.8 Å². The zero-order valence-corrected chi connectivity index (χ0v) is 17.9. The molecule has 4 N–H and O–H groups in total. The van der Waals surface area contributed by atoms with Gasteiger partial charge >= 0.3 is 0 Å². The molecule has 0 spiro atoms. The van der Waals surface area contributed by atoms with E-state index in [1.165, 1.54) is 12.3 Å². The number of hydrogen-bond acceptors (Lipinski definition) is 5. The lowest BCUT2D eigenvalue weighted by molar-refractivity contribution is -0.126. The largest absolute Gasteiger partial charge is 0.508 e. The van der Waals surface area contributed by atoms with Crippen LogP contribution in [0.25, 0.3) is 0 Å². The fraction of sp³-hybridized carbons (Fsp3) is 0.160. The topological polar surface area (TPSA) is 111 Å². The molecule has 0 fully saturated rings. The van der Waals surface area contributed by atoms with Crippen molar-refractivity contribution in [3.63, 3.8) is 0 Å². The Kier molecular flexibility index (Phi) is 7.23. The molecular weight excluding hydrogens is 406 g/mol. The summed E-state index contributed by atoms with van der Waals surface area (Å²) in [4.78, 5) is 25.1. The molecule has 0 bridgehead atoms. The average Bonchev–Trinajstić information content (AvgIpc) is 2.80. The molecule has 32 heavy (non-hydrogen) atoms. The van der Waals surface area contributed by atoms with E-state index in [9.17, 15) is 19.8 Å². The van der Waals surface area contributed by atoms with Crippen molar-refractivity contribution in [2.45, 2.75) is 19.8 Å². The molecule has 3 aromatic rings. The molecule has 0 unspecified atom stereocenters. The summed E-state index contributed by atoms with van der Waals surface area (Å²) in [7, 11) is 0. The number of hydrogen-bond donors (Lipinski definition) is 4. The number of benzene rings is 3. The lowest BCUT2D eigenvalue weighted by Gasteiger charge is -2.17. The molecule has 0 aliphatic carbocycles. The number of carbonyl (C=O) groups is 2. The van der Waals surface area contributed by atoms with Crippen LogP contribution in [0.3, 0.4) is 0 Å². The van der Waals surface area contributed by atoms with E-state index in [-0.39, 0.29) is 24.0 Å². The van der Waals surface area contributed by atoms with E-state index in [1.54, 1.807) is 13.8 Å². The highest BCUT2D eigenvalue weighted by Crippen LogP contribution is 2.31. The fourth-order valence-corrected chi connectivity index (χ4v) is 3.33. The van der Waals surface area contributed by atoms with Gasteiger partial charge in [0.1, 0.15) is 11.5 Å². The molecule has 0 aromatic heterocycles. The normalized spacial score (nSPS) is 11.0. The van der Waals surface area contributed by atoms with Gasteiger partial charge in [0.25, 0.3) is 5.91 Å². The number of amides is 2. The van der Waals surface area contributed by atoms with Crippen LogP contribution in [0.5, 0.6) is 11.5 Å². The first-order valence-electron chi connectivity index (χ1n) is 10.1. The Morgan fingerprint density at radius 1 is 0.969 bits per heavy atom. The second kappa shape index (κ2) is 10.3. The van der Waals surface area contributed by atoms with Crippen molar-refractivity contribution in [1.82, 2.24) is 10.7 Å². The van der Waals surface area contributed by atoms with Crippen LogP contribution in [0, 0.1) is 13.8 Å². The lowest BCUT2D eigenvalue weighted by Crippen LogP contribution is -2.37. The molecular formula is C25H25N3O4. The molecule has 3 aromatic carbocycles. The van der Waals surface area contributed by atoms with Crippen LogP contribution in [0.1, 0.15) is 33.7 Å². The standard InChI is InChI=1S/C25H25N3O4/c1-16-13-21(29)17(2)24(31)20(16)14-27-28-22(30)15-26-25(32)23(18-9-5-3-6-10-18)19-11-7-4-8-12-19/h3-14,23,29,31H,15H2,1-2H3,(H,26,32)(H,28,30). The first-order chi connectivity index (χ1) is 15.4. The van der Waals surface area contributed by atoms with Gasteiger partial charge in [0, 0.05) is 11.1 Å². The van der Waals surface area contributed by atoms with Gasteiger partial charge in [-0.15, -0.1) is 0 Å². The number of carbonyl (C=O) groups excluding carboxylic acids is 2. The van der Waals surface area contributed by atoms with E-state index in [1.807, 2.05) is 60.7 Å². The van der Waals surface area contributed by atoms with E-state index >= 15 is 0 Å². The number of nitrogens with one attached hydrogen (secondary N) is 2. The monoisotopic (exact) mass is 431 g/mol. The van der Waals surface area contributed by atoms with E-state index < -0.39 is 11.8 Å². The maximum atomic E-state index is 12.9. The minimum atomic E-state index is -0.548. The van der Waals surface area contributed by atoms with Gasteiger partial charge in [-0.3, -0.25) is 9.59 Å². The quantitative estimate of drug-likeness (QED) is 0.340. The number of nitrogens with zero attached hydrogens (tertiary/aromatic N) is 1. The third-order valence-corrected chi connectivity index (χ3v) is 5.11. The highest BCUT2D eigenvalue weighted by atomic mass is 16.3. The number of rotatable bonds is 7. The first kappa shape index (κ1) is 22.6. The highest BCUT2D eigenvalue weighted by Gasteiger charge is 2.22. The van der Waals surface area contributed by atoms with Crippen molar-refractivity contribution < 1.29 is 19.8 Å². The third-order valence-electron chi connectivity index (χ3n) is 5.11. The minimum Gasteiger partial charge on any atom is -0.508 e. The minimum absolute atomic E-state index is 0.0183. The molecule has 0 aliphatic heterocycles. The van der Waals surface area contributed by atoms with Crippen molar-refractivity contribution in [1.29, 1.82) is 0 Å². The Bertz CT molecular complexity index is 1090. The second-order valence-corrected chi connectivity index (χ2v) is 7.37. The zero-order valence-electron chi connectivity index (χ0n) is 17.9. The maximum absolute atomic E-state index is 12.9. The SMILES string of the molecule is Cc1cc(O)c(C)c(O)c1C=NNC(=O)CNC(=O)C(c1ccccc1)c1ccccc1. The summed E-state index contributed by atoms with van der Waals surface area (Å²) in [6, 6.07) is 20.2. The molecule has 0 heterocycles. The van der Waals surface area contributed by atoms with Crippen molar-refractivity contribution in [3.05, 3.63) is 94.5 Å². The summed E-state index contributed by atoms with van der Waals surface area (Å²) in [5, 5.41) is 26.4. The molecule has 7 heteroatoms. The van der Waals surface area contributed by atoms with Gasteiger partial charge in [-0.05, 0) is 36.6 Å². The van der Waals surface area contributed by atoms with Crippen molar-refractivity contribution >= 4 is 18.0 Å². The Labute approximate surface area is 186 Å². The molecule has 0 radical (unpaired) electrons. The molecule has 0 atom stereocenters. The Balaban J connectivity index is 1.64. The lowest BCUT2D eigenvalue weighted by atomic mass is 9.90. The molecule has 2 amide bonds. The summed E-state index contributed by atoms with van der Waals surface area (Å²) < 4.78 is 0. The molecule has 164 valence electrons. The van der Waals surface area contributed by atoms with Gasteiger partial charge in [0.2, 0.25) is 5.91 Å². The summed E-state index contributed by atoms with van der Waals surface area (Å²) in [5.41, 5.74) is 5.29. The van der Waals surface area contributed by atoms with Crippen LogP contribution < -0.4 is 10.7 Å². The average molecular weight is 431 g/mol. The molecule has 0 saturated heterocycles. The van der Waals surface area contributed by atoms with Gasteiger partial charge < -0.3 is 15.5 Å². The maximum Gasteiger partial charge on any atom is 0.259 e. The highest BCUT2D eigenvalue weighted by molar-refractivity contribution is 5.91. The van der Waals surface area contributed by atoms with Crippen molar-refractivity contribution in [2.24, 2.45) is 5.10 Å². The predicted molar refractivity (Wildman–Crippen MR) is 123 cm³/mol. The van der Waals surface area contributed by atoms with Crippen molar-refractivity contribution in [3.8, 4) is 11.5 Å². The second-order valence-electron chi connectivity index (χ2n) is 7.37. The van der Waals surface area contributed by atoms with Crippen LogP contribution in [-0.2, 0) is 9.59 Å². The molecule has 3 rings (SSSR count). The van der Waals surface area contributed by atoms with Crippen LogP contribution in [0.2, 0.25) is 0 Å². The summed E-state index contributed by atoms with van der Waals surface area (Å²) in [6.45, 7) is 3.02. The number of hydrazone groups is 1. The van der Waals surface area contributed by atoms with Crippen LogP contribution >= 0.6 is 0 Å². The number of aryl methyl sites for hydroxylation is 1. The first-order valence-corrected chi connectivity index (χ1v) is 10.1. The van der Waals surface area contributed by atoms with Crippen LogP contribution in [0.4, 0.5) is 0 Å². The van der Waals surface area contributed by atoms with Crippen LogP contribution in [0.15, 0.2) is 71.8 Å². The zero-order chi connectivity index (χ0) is 23.1. The van der Waals surface area contributed by atoms with Gasteiger partial charge in [0.15, 0.2) is 0 Å². The Morgan fingerprint density at radius 3 is 2.09 bits per heavy atom. The summed E-state index contributed by atoms with van der Waals surface area (Å²) in [6.07, 6.45) is 1.30. The molecule has 0 saturated carbocycles. The Hall–Kier alpha value is -4.13. The van der Waals surface area contributed by atoms with Gasteiger partial charge in [-0.2, -0.15) is 5.10 Å². The fourth-order valence-electron chi connectivity index (χ4n) is 3.33. The third kappa shape index (κ3) is 5.31. The predicted octanol–water partition coefficient (Wildman–Crippen LogP) is 3.11. The number of aromatic hydroxyl groups is 2. The molecule has 7 nitrogen and oxygen atoms in total. The van der Waals surface area contributed by atoms with Gasteiger partial charge in [0.05, 0.1) is 18.7 Å².